The molecule has 144 valence electrons. The van der Waals surface area contributed by atoms with Gasteiger partial charge in [0, 0.05) is 6.42 Å². The van der Waals surface area contributed by atoms with Crippen molar-refractivity contribution < 1.29 is 27.8 Å². The van der Waals surface area contributed by atoms with Crippen LogP contribution in [0.25, 0.3) is 11.1 Å². The van der Waals surface area contributed by atoms with E-state index in [4.69, 9.17) is 4.74 Å². The highest BCUT2D eigenvalue weighted by atomic mass is 19.4. The van der Waals surface area contributed by atoms with Gasteiger partial charge in [0.15, 0.2) is 6.10 Å². The Bertz CT molecular complexity index is 935. The Balaban J connectivity index is 1.74. The molecule has 0 aromatic heterocycles. The zero-order valence-electron chi connectivity index (χ0n) is 14.7. The van der Waals surface area contributed by atoms with Crippen molar-refractivity contribution in [2.75, 3.05) is 0 Å². The van der Waals surface area contributed by atoms with E-state index in [0.717, 1.165) is 23.3 Å². The third kappa shape index (κ3) is 4.91. The third-order valence-electron chi connectivity index (χ3n) is 4.19. The lowest BCUT2D eigenvalue weighted by Gasteiger charge is -2.16. The van der Waals surface area contributed by atoms with Gasteiger partial charge in [0.1, 0.15) is 5.75 Å². The molecule has 0 aliphatic carbocycles. The van der Waals surface area contributed by atoms with Gasteiger partial charge in [0.2, 0.25) is 0 Å². The highest BCUT2D eigenvalue weighted by molar-refractivity contribution is 5.73. The first-order chi connectivity index (χ1) is 13.3. The maximum atomic E-state index is 12.8. The number of carbonyl (C=O) groups is 1. The largest absolute Gasteiger partial charge is 0.478 e. The summed E-state index contributed by atoms with van der Waals surface area (Å²) in [5.41, 5.74) is 1.37. The summed E-state index contributed by atoms with van der Waals surface area (Å²) in [5.74, 6) is -0.913. The van der Waals surface area contributed by atoms with Crippen molar-refractivity contribution in [2.45, 2.75) is 18.7 Å². The lowest BCUT2D eigenvalue weighted by molar-refractivity contribution is -0.145. The van der Waals surface area contributed by atoms with E-state index >= 15 is 0 Å². The number of hydrogen-bond donors (Lipinski definition) is 1. The maximum absolute atomic E-state index is 12.8. The van der Waals surface area contributed by atoms with Crippen LogP contribution in [0.15, 0.2) is 78.9 Å². The first-order valence-corrected chi connectivity index (χ1v) is 8.54. The predicted octanol–water partition coefficient (Wildman–Crippen LogP) is 5.45. The van der Waals surface area contributed by atoms with Gasteiger partial charge in [0.25, 0.3) is 0 Å². The summed E-state index contributed by atoms with van der Waals surface area (Å²) >= 11 is 0. The molecule has 28 heavy (non-hydrogen) atoms. The van der Waals surface area contributed by atoms with Crippen molar-refractivity contribution in [3.05, 3.63) is 90.0 Å². The van der Waals surface area contributed by atoms with Crippen LogP contribution in [-0.2, 0) is 17.4 Å². The van der Waals surface area contributed by atoms with E-state index in [1.54, 1.807) is 24.3 Å². The van der Waals surface area contributed by atoms with Crippen molar-refractivity contribution >= 4 is 5.97 Å². The van der Waals surface area contributed by atoms with Gasteiger partial charge in [-0.25, -0.2) is 4.79 Å². The van der Waals surface area contributed by atoms with Crippen molar-refractivity contribution in [1.82, 2.24) is 0 Å². The molecular formula is C22H17F3O3. The fourth-order valence-corrected chi connectivity index (χ4v) is 2.79. The summed E-state index contributed by atoms with van der Waals surface area (Å²) in [4.78, 5) is 11.5. The number of halogens is 3. The Morgan fingerprint density at radius 2 is 1.54 bits per heavy atom. The molecule has 1 unspecified atom stereocenters. The molecule has 0 bridgehead atoms. The summed E-state index contributed by atoms with van der Waals surface area (Å²) in [6.45, 7) is 0. The number of aliphatic carboxylic acids is 1. The standard InChI is InChI=1S/C22H17F3O3/c23-22(24,25)18-8-4-5-15(13-18)14-20(21(26)27)28-19-11-9-17(10-12-19)16-6-2-1-3-7-16/h1-13,20H,14H2,(H,26,27). The van der Waals surface area contributed by atoms with E-state index in [1.165, 1.54) is 12.1 Å². The van der Waals surface area contributed by atoms with E-state index in [1.807, 2.05) is 30.3 Å². The summed E-state index contributed by atoms with van der Waals surface area (Å²) in [6.07, 6.45) is -5.96. The van der Waals surface area contributed by atoms with Crippen LogP contribution in [0.2, 0.25) is 0 Å². The van der Waals surface area contributed by atoms with Crippen molar-refractivity contribution in [3.63, 3.8) is 0 Å². The first kappa shape index (κ1) is 19.5. The number of ether oxygens (including phenoxy) is 1. The molecule has 0 saturated heterocycles. The summed E-state index contributed by atoms with van der Waals surface area (Å²) in [7, 11) is 0. The number of benzene rings is 3. The fourth-order valence-electron chi connectivity index (χ4n) is 2.79. The second-order valence-corrected chi connectivity index (χ2v) is 6.24. The van der Waals surface area contributed by atoms with Crippen molar-refractivity contribution in [1.29, 1.82) is 0 Å². The number of carboxylic acid groups (broad SMARTS) is 1. The van der Waals surface area contributed by atoms with Gasteiger partial charge in [-0.15, -0.1) is 0 Å². The van der Waals surface area contributed by atoms with E-state index in [2.05, 4.69) is 0 Å². The van der Waals surface area contributed by atoms with Gasteiger partial charge in [-0.3, -0.25) is 0 Å². The van der Waals surface area contributed by atoms with Gasteiger partial charge >= 0.3 is 12.1 Å². The van der Waals surface area contributed by atoms with Crippen LogP contribution in [0.4, 0.5) is 13.2 Å². The molecule has 0 spiro atoms. The minimum Gasteiger partial charge on any atom is -0.478 e. The van der Waals surface area contributed by atoms with E-state index in [9.17, 15) is 23.1 Å². The Labute approximate surface area is 160 Å². The Morgan fingerprint density at radius 1 is 0.893 bits per heavy atom. The van der Waals surface area contributed by atoms with Gasteiger partial charge < -0.3 is 9.84 Å². The fraction of sp³-hybridized carbons (Fsp3) is 0.136. The molecule has 3 aromatic rings. The van der Waals surface area contributed by atoms with Crippen LogP contribution in [0.1, 0.15) is 11.1 Å². The molecule has 0 heterocycles. The Hall–Kier alpha value is -3.28. The van der Waals surface area contributed by atoms with Gasteiger partial charge in [-0.2, -0.15) is 13.2 Å². The highest BCUT2D eigenvalue weighted by Gasteiger charge is 2.31. The second-order valence-electron chi connectivity index (χ2n) is 6.24. The van der Waals surface area contributed by atoms with Crippen LogP contribution < -0.4 is 4.74 Å². The molecule has 3 nitrogen and oxygen atoms in total. The predicted molar refractivity (Wildman–Crippen MR) is 99.1 cm³/mol. The minimum atomic E-state index is -4.48. The molecule has 0 amide bonds. The van der Waals surface area contributed by atoms with E-state index in [-0.39, 0.29) is 12.0 Å². The van der Waals surface area contributed by atoms with Gasteiger partial charge in [0.05, 0.1) is 5.56 Å². The number of carboxylic acids is 1. The summed E-state index contributed by atoms with van der Waals surface area (Å²) in [5, 5.41) is 9.41. The molecule has 1 N–H and O–H groups in total. The van der Waals surface area contributed by atoms with E-state index < -0.39 is 23.8 Å². The molecule has 3 rings (SSSR count). The maximum Gasteiger partial charge on any atom is 0.416 e. The lowest BCUT2D eigenvalue weighted by atomic mass is 10.0. The number of hydrogen-bond acceptors (Lipinski definition) is 2. The molecule has 0 radical (unpaired) electrons. The van der Waals surface area contributed by atoms with Gasteiger partial charge in [-0.05, 0) is 34.9 Å². The average molecular weight is 386 g/mol. The van der Waals surface area contributed by atoms with Crippen LogP contribution >= 0.6 is 0 Å². The zero-order chi connectivity index (χ0) is 20.1. The molecular weight excluding hydrogens is 369 g/mol. The molecule has 6 heteroatoms. The summed E-state index contributed by atoms with van der Waals surface area (Å²) in [6, 6.07) is 21.1. The molecule has 0 aliphatic rings. The average Bonchev–Trinajstić information content (AvgIpc) is 2.68. The Morgan fingerprint density at radius 3 is 2.14 bits per heavy atom. The van der Waals surface area contributed by atoms with Crippen molar-refractivity contribution in [3.8, 4) is 16.9 Å². The zero-order valence-corrected chi connectivity index (χ0v) is 14.7. The molecule has 0 aliphatic heterocycles. The molecule has 1 atom stereocenters. The second kappa shape index (κ2) is 8.17. The number of alkyl halides is 3. The quantitative estimate of drug-likeness (QED) is 0.613. The van der Waals surface area contributed by atoms with Crippen LogP contribution in [0.5, 0.6) is 5.75 Å². The monoisotopic (exact) mass is 386 g/mol. The molecule has 3 aromatic carbocycles. The smallest absolute Gasteiger partial charge is 0.416 e. The molecule has 0 fully saturated rings. The topological polar surface area (TPSA) is 46.5 Å². The number of rotatable bonds is 6. The molecule has 0 saturated carbocycles. The van der Waals surface area contributed by atoms with Crippen LogP contribution in [-0.4, -0.2) is 17.2 Å². The SMILES string of the molecule is O=C(O)C(Cc1cccc(C(F)(F)F)c1)Oc1ccc(-c2ccccc2)cc1. The first-order valence-electron chi connectivity index (χ1n) is 8.54. The summed E-state index contributed by atoms with van der Waals surface area (Å²) < 4.78 is 44.0. The van der Waals surface area contributed by atoms with Crippen molar-refractivity contribution in [2.24, 2.45) is 0 Å². The van der Waals surface area contributed by atoms with Crippen LogP contribution in [0, 0.1) is 0 Å². The highest BCUT2D eigenvalue weighted by Crippen LogP contribution is 2.30. The third-order valence-corrected chi connectivity index (χ3v) is 4.19. The normalized spacial score (nSPS) is 12.4. The van der Waals surface area contributed by atoms with E-state index in [0.29, 0.717) is 5.75 Å². The van der Waals surface area contributed by atoms with Crippen LogP contribution in [0.3, 0.4) is 0 Å². The minimum absolute atomic E-state index is 0.181. The van der Waals surface area contributed by atoms with Gasteiger partial charge in [-0.1, -0.05) is 60.7 Å². The Kier molecular flexibility index (Phi) is 5.68. The lowest BCUT2D eigenvalue weighted by Crippen LogP contribution is -2.29.